The number of rotatable bonds is 3. The molecule has 3 atom stereocenters. The first-order chi connectivity index (χ1) is 12.6. The van der Waals surface area contributed by atoms with E-state index >= 15 is 0 Å². The van der Waals surface area contributed by atoms with Gasteiger partial charge in [-0.25, -0.2) is 0 Å². The van der Waals surface area contributed by atoms with E-state index in [4.69, 9.17) is 11.6 Å². The van der Waals surface area contributed by atoms with Gasteiger partial charge in [0.1, 0.15) is 0 Å². The minimum atomic E-state index is -0.182. The van der Waals surface area contributed by atoms with Gasteiger partial charge in [-0.3, -0.25) is 0 Å². The Kier molecular flexibility index (Phi) is 3.93. The molecule has 0 aromatic heterocycles. The van der Waals surface area contributed by atoms with E-state index in [1.54, 1.807) is 0 Å². The molecule has 0 radical (unpaired) electrons. The Hall–Kier alpha value is -1.35. The second-order valence-electron chi connectivity index (χ2n) is 8.51. The third-order valence-electron chi connectivity index (χ3n) is 7.12. The summed E-state index contributed by atoms with van der Waals surface area (Å²) < 4.78 is 0. The van der Waals surface area contributed by atoms with Crippen molar-refractivity contribution in [1.82, 2.24) is 4.90 Å². The van der Waals surface area contributed by atoms with Crippen LogP contribution in [0.2, 0.25) is 5.02 Å². The summed E-state index contributed by atoms with van der Waals surface area (Å²) >= 11 is 6.40. The molecule has 2 aliphatic carbocycles. The summed E-state index contributed by atoms with van der Waals surface area (Å²) in [5.74, 6) is 0.978. The number of likely N-dealkylation sites (tertiary alicyclic amines) is 1. The van der Waals surface area contributed by atoms with Crippen molar-refractivity contribution in [2.75, 3.05) is 19.6 Å². The van der Waals surface area contributed by atoms with Crippen molar-refractivity contribution in [1.29, 1.82) is 0 Å². The fraction of sp³-hybridized carbons (Fsp3) is 0.478. The van der Waals surface area contributed by atoms with E-state index in [2.05, 4.69) is 41.3 Å². The molecule has 2 aromatic rings. The summed E-state index contributed by atoms with van der Waals surface area (Å²) in [7, 11) is 0. The van der Waals surface area contributed by atoms with E-state index in [1.165, 1.54) is 28.7 Å². The van der Waals surface area contributed by atoms with Gasteiger partial charge >= 0.3 is 0 Å². The van der Waals surface area contributed by atoms with Gasteiger partial charge in [-0.15, -0.1) is 0 Å². The Morgan fingerprint density at radius 1 is 1.12 bits per heavy atom. The highest BCUT2D eigenvalue weighted by Crippen LogP contribution is 2.60. The SMILES string of the molecule is CC(O)C1CCN(CC23CC(c4ccccc42)c2ccc(Cl)cc23)CC1. The van der Waals surface area contributed by atoms with Gasteiger partial charge in [-0.05, 0) is 79.6 Å². The number of halogens is 1. The molecule has 1 saturated heterocycles. The van der Waals surface area contributed by atoms with E-state index < -0.39 is 0 Å². The normalized spacial score (nSPS) is 28.8. The van der Waals surface area contributed by atoms with Crippen LogP contribution in [0.15, 0.2) is 42.5 Å². The quantitative estimate of drug-likeness (QED) is 0.859. The molecule has 2 aromatic carbocycles. The van der Waals surface area contributed by atoms with E-state index in [9.17, 15) is 5.11 Å². The average Bonchev–Trinajstić information content (AvgIpc) is 3.14. The van der Waals surface area contributed by atoms with Crippen LogP contribution >= 0.6 is 11.6 Å². The number of piperidine rings is 1. The Labute approximate surface area is 160 Å². The third-order valence-corrected chi connectivity index (χ3v) is 7.35. The molecule has 3 heteroatoms. The predicted molar refractivity (Wildman–Crippen MR) is 106 cm³/mol. The van der Waals surface area contributed by atoms with E-state index in [-0.39, 0.29) is 11.5 Å². The minimum Gasteiger partial charge on any atom is -0.393 e. The monoisotopic (exact) mass is 367 g/mol. The number of aliphatic hydroxyl groups excluding tert-OH is 1. The molecule has 1 N–H and O–H groups in total. The first-order valence-electron chi connectivity index (χ1n) is 9.88. The highest BCUT2D eigenvalue weighted by atomic mass is 35.5. The van der Waals surface area contributed by atoms with Gasteiger partial charge in [0.2, 0.25) is 0 Å². The maximum Gasteiger partial charge on any atom is 0.0541 e. The van der Waals surface area contributed by atoms with Crippen LogP contribution < -0.4 is 0 Å². The van der Waals surface area contributed by atoms with Crippen LogP contribution in [0.3, 0.4) is 0 Å². The standard InChI is InChI=1S/C23H26ClNO/c1-15(26)16-8-10-25(11-9-16)14-23-13-20(18-4-2-3-5-21(18)23)19-7-6-17(24)12-22(19)23/h2-7,12,15-16,20,26H,8-11,13-14H2,1H3. The number of benzene rings is 2. The fourth-order valence-electron chi connectivity index (χ4n) is 5.79. The molecule has 2 nitrogen and oxygen atoms in total. The van der Waals surface area contributed by atoms with Crippen molar-refractivity contribution in [2.24, 2.45) is 5.92 Å². The zero-order valence-corrected chi connectivity index (χ0v) is 16.0. The zero-order chi connectivity index (χ0) is 17.9. The lowest BCUT2D eigenvalue weighted by molar-refractivity contribution is 0.0662. The second kappa shape index (κ2) is 6.09. The van der Waals surface area contributed by atoms with Crippen molar-refractivity contribution >= 4 is 11.6 Å². The van der Waals surface area contributed by atoms with Gasteiger partial charge in [-0.2, -0.15) is 0 Å². The van der Waals surface area contributed by atoms with Crippen LogP contribution in [0.5, 0.6) is 0 Å². The largest absolute Gasteiger partial charge is 0.393 e. The number of nitrogens with zero attached hydrogens (tertiary/aromatic N) is 1. The Balaban J connectivity index is 1.51. The first kappa shape index (κ1) is 16.8. The van der Waals surface area contributed by atoms with Gasteiger partial charge in [0.05, 0.1) is 6.10 Å². The molecule has 1 aliphatic heterocycles. The van der Waals surface area contributed by atoms with Crippen molar-refractivity contribution in [2.45, 2.75) is 43.6 Å². The molecule has 3 unspecified atom stereocenters. The molecule has 136 valence electrons. The lowest BCUT2D eigenvalue weighted by atomic mass is 9.74. The Morgan fingerprint density at radius 2 is 1.85 bits per heavy atom. The van der Waals surface area contributed by atoms with Gasteiger partial charge in [-0.1, -0.05) is 41.9 Å². The number of fused-ring (bicyclic) bond motifs is 8. The molecule has 2 bridgehead atoms. The first-order valence-corrected chi connectivity index (χ1v) is 10.3. The molecule has 0 spiro atoms. The van der Waals surface area contributed by atoms with Crippen molar-refractivity contribution in [3.8, 4) is 0 Å². The molecule has 0 saturated carbocycles. The van der Waals surface area contributed by atoms with Gasteiger partial charge in [0, 0.05) is 22.9 Å². The summed E-state index contributed by atoms with van der Waals surface area (Å²) in [4.78, 5) is 2.62. The average molecular weight is 368 g/mol. The van der Waals surface area contributed by atoms with Crippen LogP contribution in [0.4, 0.5) is 0 Å². The van der Waals surface area contributed by atoms with E-state index in [0.29, 0.717) is 11.8 Å². The lowest BCUT2D eigenvalue weighted by Gasteiger charge is -2.40. The lowest BCUT2D eigenvalue weighted by Crippen LogP contribution is -2.44. The maximum absolute atomic E-state index is 9.91. The zero-order valence-electron chi connectivity index (χ0n) is 15.3. The number of hydrogen-bond acceptors (Lipinski definition) is 2. The van der Waals surface area contributed by atoms with Gasteiger partial charge < -0.3 is 10.0 Å². The topological polar surface area (TPSA) is 23.5 Å². The molecular formula is C23H26ClNO. The molecule has 0 amide bonds. The maximum atomic E-state index is 9.91. The highest BCUT2D eigenvalue weighted by Gasteiger charge is 2.53. The second-order valence-corrected chi connectivity index (χ2v) is 8.95. The van der Waals surface area contributed by atoms with Crippen LogP contribution in [0.25, 0.3) is 0 Å². The van der Waals surface area contributed by atoms with E-state index in [1.807, 2.05) is 13.0 Å². The van der Waals surface area contributed by atoms with E-state index in [0.717, 1.165) is 37.5 Å². The minimum absolute atomic E-state index is 0.0825. The van der Waals surface area contributed by atoms with Crippen LogP contribution in [-0.4, -0.2) is 35.7 Å². The summed E-state index contributed by atoms with van der Waals surface area (Å²) in [6.45, 7) is 5.17. The molecule has 1 heterocycles. The fourth-order valence-corrected chi connectivity index (χ4v) is 5.97. The number of aliphatic hydroxyl groups is 1. The van der Waals surface area contributed by atoms with Crippen LogP contribution in [-0.2, 0) is 5.41 Å². The molecule has 1 fully saturated rings. The van der Waals surface area contributed by atoms with Crippen LogP contribution in [0, 0.1) is 5.92 Å². The van der Waals surface area contributed by atoms with Crippen molar-refractivity contribution < 1.29 is 5.11 Å². The molecule has 3 aliphatic rings. The van der Waals surface area contributed by atoms with Crippen LogP contribution in [0.1, 0.15) is 54.4 Å². The van der Waals surface area contributed by atoms with Crippen molar-refractivity contribution in [3.05, 3.63) is 69.7 Å². The van der Waals surface area contributed by atoms with Gasteiger partial charge in [0.25, 0.3) is 0 Å². The molecule has 5 rings (SSSR count). The highest BCUT2D eigenvalue weighted by molar-refractivity contribution is 6.30. The molecular weight excluding hydrogens is 342 g/mol. The van der Waals surface area contributed by atoms with Crippen molar-refractivity contribution in [3.63, 3.8) is 0 Å². The molecule has 26 heavy (non-hydrogen) atoms. The Morgan fingerprint density at radius 3 is 2.62 bits per heavy atom. The summed E-state index contributed by atoms with van der Waals surface area (Å²) in [5.41, 5.74) is 6.04. The predicted octanol–water partition coefficient (Wildman–Crippen LogP) is 4.57. The Bertz CT molecular complexity index is 840. The summed E-state index contributed by atoms with van der Waals surface area (Å²) in [6.07, 6.45) is 3.19. The number of hydrogen-bond donors (Lipinski definition) is 1. The smallest absolute Gasteiger partial charge is 0.0541 e. The van der Waals surface area contributed by atoms with Gasteiger partial charge in [0.15, 0.2) is 0 Å². The summed E-state index contributed by atoms with van der Waals surface area (Å²) in [6, 6.07) is 15.5. The summed E-state index contributed by atoms with van der Waals surface area (Å²) in [5, 5.41) is 10.8. The third kappa shape index (κ3) is 2.39.